The predicted octanol–water partition coefficient (Wildman–Crippen LogP) is 6.25. The lowest BCUT2D eigenvalue weighted by Gasteiger charge is -2.34. The van der Waals surface area contributed by atoms with Crippen LogP contribution in [-0.2, 0) is 4.74 Å². The molecule has 2 saturated carbocycles. The van der Waals surface area contributed by atoms with Crippen molar-refractivity contribution < 1.29 is 9.84 Å². The molecule has 2 aromatic heterocycles. The Morgan fingerprint density at radius 2 is 1.42 bits per heavy atom. The molecule has 0 spiro atoms. The minimum atomic E-state index is 0.308. The first-order valence-electron chi connectivity index (χ1n) is 14.5. The highest BCUT2D eigenvalue weighted by Crippen LogP contribution is 2.38. The summed E-state index contributed by atoms with van der Waals surface area (Å²) in [5.41, 5.74) is 3.22. The molecule has 2 aliphatic carbocycles. The molecule has 3 aromatic rings. The normalized spacial score (nSPS) is 23.6. The number of nitrogens with zero attached hydrogens (tertiary/aromatic N) is 5. The summed E-state index contributed by atoms with van der Waals surface area (Å²) < 4.78 is 6.39. The van der Waals surface area contributed by atoms with Gasteiger partial charge in [-0.15, -0.1) is 10.2 Å². The van der Waals surface area contributed by atoms with Crippen LogP contribution in [0.1, 0.15) is 81.6 Å². The highest BCUT2D eigenvalue weighted by Gasteiger charge is 2.26. The second-order valence-corrected chi connectivity index (χ2v) is 12.3. The van der Waals surface area contributed by atoms with E-state index in [-0.39, 0.29) is 0 Å². The highest BCUT2D eigenvalue weighted by molar-refractivity contribution is 7.14. The van der Waals surface area contributed by atoms with Crippen molar-refractivity contribution >= 4 is 17.3 Å². The fourth-order valence-corrected chi connectivity index (χ4v) is 7.23. The fourth-order valence-electron chi connectivity index (χ4n) is 6.21. The third-order valence-corrected chi connectivity index (χ3v) is 9.79. The van der Waals surface area contributed by atoms with Gasteiger partial charge in [-0.2, -0.15) is 0 Å². The highest BCUT2D eigenvalue weighted by atomic mass is 32.1. The van der Waals surface area contributed by atoms with E-state index in [2.05, 4.69) is 39.4 Å². The average Bonchev–Trinajstić information content (AvgIpc) is 3.49. The second kappa shape index (κ2) is 12.2. The largest absolute Gasteiger partial charge is 0.396 e. The van der Waals surface area contributed by atoms with Gasteiger partial charge in [0.15, 0.2) is 0 Å². The number of aliphatic hydroxyl groups is 1. The monoisotopic (exact) mass is 533 g/mol. The number of hydrogen-bond donors (Lipinski definition) is 1. The summed E-state index contributed by atoms with van der Waals surface area (Å²) in [5, 5.41) is 20.5. The van der Waals surface area contributed by atoms with Gasteiger partial charge in [0.2, 0.25) is 5.95 Å². The third-order valence-electron chi connectivity index (χ3n) is 8.66. The third kappa shape index (κ3) is 6.08. The van der Waals surface area contributed by atoms with Gasteiger partial charge in [-0.05, 0) is 62.8 Å². The van der Waals surface area contributed by atoms with E-state index in [0.29, 0.717) is 30.7 Å². The standard InChI is InChI=1S/C30H39N5O2S/c36-20-21-6-8-23(9-7-21)28-33-34-29(38-28)24-12-10-22(11-13-24)25-18-31-30(32-19-25)35-16-14-27(15-17-35)37-26-4-2-1-3-5-26/h10-13,18-19,21,23,26-27,36H,1-9,14-17,20H2. The summed E-state index contributed by atoms with van der Waals surface area (Å²) in [6, 6.07) is 8.48. The van der Waals surface area contributed by atoms with Crippen LogP contribution in [0.15, 0.2) is 36.7 Å². The van der Waals surface area contributed by atoms with Gasteiger partial charge in [0.25, 0.3) is 0 Å². The molecular weight excluding hydrogens is 494 g/mol. The molecule has 202 valence electrons. The van der Waals surface area contributed by atoms with Crippen LogP contribution in [0.25, 0.3) is 21.7 Å². The first kappa shape index (κ1) is 25.8. The Balaban J connectivity index is 1.03. The number of aliphatic hydroxyl groups excluding tert-OH is 1. The maximum atomic E-state index is 9.39. The number of anilines is 1. The van der Waals surface area contributed by atoms with Gasteiger partial charge in [-0.25, -0.2) is 9.97 Å². The Bertz CT molecular complexity index is 1150. The van der Waals surface area contributed by atoms with E-state index in [1.807, 2.05) is 12.4 Å². The quantitative estimate of drug-likeness (QED) is 0.384. The molecule has 3 fully saturated rings. The van der Waals surface area contributed by atoms with E-state index < -0.39 is 0 Å². The van der Waals surface area contributed by atoms with E-state index in [4.69, 9.17) is 14.7 Å². The molecule has 6 rings (SSSR count). The molecule has 0 radical (unpaired) electrons. The Morgan fingerprint density at radius 3 is 2.11 bits per heavy atom. The van der Waals surface area contributed by atoms with Gasteiger partial charge in [0.05, 0.1) is 12.2 Å². The Morgan fingerprint density at radius 1 is 0.763 bits per heavy atom. The topological polar surface area (TPSA) is 84.3 Å². The number of hydrogen-bond acceptors (Lipinski definition) is 8. The van der Waals surface area contributed by atoms with Crippen molar-refractivity contribution in [3.8, 4) is 21.7 Å². The predicted molar refractivity (Wildman–Crippen MR) is 151 cm³/mol. The SMILES string of the molecule is OCC1CCC(c2nnc(-c3ccc(-c4cnc(N5CCC(OC6CCCCC6)CC5)nc4)cc3)s2)CC1. The van der Waals surface area contributed by atoms with Gasteiger partial charge >= 0.3 is 0 Å². The summed E-state index contributed by atoms with van der Waals surface area (Å²) in [6.07, 6.45) is 17.7. The molecule has 38 heavy (non-hydrogen) atoms. The first-order chi connectivity index (χ1) is 18.7. The fraction of sp³-hybridized carbons (Fsp3) is 0.600. The molecule has 8 heteroatoms. The van der Waals surface area contributed by atoms with Crippen molar-refractivity contribution in [1.82, 2.24) is 20.2 Å². The lowest BCUT2D eigenvalue weighted by Crippen LogP contribution is -2.39. The van der Waals surface area contributed by atoms with Gasteiger partial charge < -0.3 is 14.7 Å². The molecule has 1 N–H and O–H groups in total. The second-order valence-electron chi connectivity index (χ2n) is 11.3. The van der Waals surface area contributed by atoms with E-state index in [1.54, 1.807) is 11.3 Å². The average molecular weight is 534 g/mol. The van der Waals surface area contributed by atoms with E-state index >= 15 is 0 Å². The van der Waals surface area contributed by atoms with Gasteiger partial charge in [0.1, 0.15) is 10.0 Å². The first-order valence-corrected chi connectivity index (χ1v) is 15.3. The Kier molecular flexibility index (Phi) is 8.28. The van der Waals surface area contributed by atoms with Crippen molar-refractivity contribution in [2.24, 2.45) is 5.92 Å². The zero-order valence-electron chi connectivity index (χ0n) is 22.2. The number of ether oxygens (including phenoxy) is 1. The summed E-state index contributed by atoms with van der Waals surface area (Å²) in [7, 11) is 0. The lowest BCUT2D eigenvalue weighted by atomic mass is 9.83. The van der Waals surface area contributed by atoms with Crippen LogP contribution in [0.2, 0.25) is 0 Å². The molecule has 3 heterocycles. The van der Waals surface area contributed by atoms with E-state index in [0.717, 1.165) is 84.3 Å². The molecule has 0 unspecified atom stereocenters. The van der Waals surface area contributed by atoms with Crippen molar-refractivity contribution in [1.29, 1.82) is 0 Å². The summed E-state index contributed by atoms with van der Waals surface area (Å²) in [5.74, 6) is 1.76. The van der Waals surface area contributed by atoms with Crippen molar-refractivity contribution in [3.05, 3.63) is 41.7 Å². The van der Waals surface area contributed by atoms with Crippen LogP contribution < -0.4 is 4.90 Å². The summed E-state index contributed by atoms with van der Waals surface area (Å²) in [6.45, 7) is 2.22. The molecular formula is C30H39N5O2S. The minimum absolute atomic E-state index is 0.308. The van der Waals surface area contributed by atoms with Crippen molar-refractivity contribution in [2.45, 2.75) is 88.8 Å². The zero-order valence-corrected chi connectivity index (χ0v) is 23.0. The molecule has 0 atom stereocenters. The van der Waals surface area contributed by atoms with Crippen LogP contribution >= 0.6 is 11.3 Å². The van der Waals surface area contributed by atoms with Crippen LogP contribution in [0, 0.1) is 5.92 Å². The molecule has 3 aliphatic rings. The maximum Gasteiger partial charge on any atom is 0.225 e. The molecule has 1 aliphatic heterocycles. The smallest absolute Gasteiger partial charge is 0.225 e. The maximum absolute atomic E-state index is 9.39. The van der Waals surface area contributed by atoms with Gasteiger partial charge in [-0.1, -0.05) is 54.9 Å². The Labute approximate surface area is 229 Å². The van der Waals surface area contributed by atoms with E-state index in [9.17, 15) is 5.11 Å². The number of rotatable bonds is 7. The Hall–Kier alpha value is -2.42. The van der Waals surface area contributed by atoms with Gasteiger partial charge in [-0.3, -0.25) is 0 Å². The van der Waals surface area contributed by atoms with Gasteiger partial charge in [0, 0.05) is 49.1 Å². The molecule has 0 amide bonds. The van der Waals surface area contributed by atoms with E-state index in [1.165, 1.54) is 32.1 Å². The summed E-state index contributed by atoms with van der Waals surface area (Å²) >= 11 is 1.71. The minimum Gasteiger partial charge on any atom is -0.396 e. The molecule has 1 aromatic carbocycles. The number of aromatic nitrogens is 4. The van der Waals surface area contributed by atoms with Crippen molar-refractivity contribution in [2.75, 3.05) is 24.6 Å². The summed E-state index contributed by atoms with van der Waals surface area (Å²) in [4.78, 5) is 11.7. The number of piperidine rings is 1. The van der Waals surface area contributed by atoms with Crippen LogP contribution in [0.3, 0.4) is 0 Å². The number of benzene rings is 1. The van der Waals surface area contributed by atoms with Crippen LogP contribution in [-0.4, -0.2) is 57.2 Å². The molecule has 1 saturated heterocycles. The molecule has 0 bridgehead atoms. The van der Waals surface area contributed by atoms with Crippen LogP contribution in [0.5, 0.6) is 0 Å². The molecule has 7 nitrogen and oxygen atoms in total. The zero-order chi connectivity index (χ0) is 25.7. The van der Waals surface area contributed by atoms with Crippen LogP contribution in [0.4, 0.5) is 5.95 Å². The van der Waals surface area contributed by atoms with Crippen molar-refractivity contribution in [3.63, 3.8) is 0 Å². The lowest BCUT2D eigenvalue weighted by molar-refractivity contribution is -0.0396.